The average Bonchev–Trinajstić information content (AvgIpc) is 3.68. The Morgan fingerprint density at radius 3 is 2.08 bits per heavy atom. The Labute approximate surface area is 300 Å². The molecule has 2 atom stereocenters. The van der Waals surface area contributed by atoms with Gasteiger partial charge in [0.15, 0.2) is 23.1 Å². The van der Waals surface area contributed by atoms with E-state index in [2.05, 4.69) is 15.6 Å². The second-order valence-corrected chi connectivity index (χ2v) is 14.6. The minimum atomic E-state index is -0.717. The molecule has 2 N–H and O–H groups in total. The summed E-state index contributed by atoms with van der Waals surface area (Å²) in [5, 5.41) is 6.01. The van der Waals surface area contributed by atoms with Crippen LogP contribution < -0.4 is 24.8 Å². The van der Waals surface area contributed by atoms with Gasteiger partial charge in [-0.1, -0.05) is 13.8 Å². The number of carbonyl (C=O) groups is 3. The zero-order valence-corrected chi connectivity index (χ0v) is 29.9. The molecule has 11 nitrogen and oxygen atoms in total. The first-order chi connectivity index (χ1) is 24.6. The summed E-state index contributed by atoms with van der Waals surface area (Å²) < 4.78 is 52.2. The summed E-state index contributed by atoms with van der Waals surface area (Å²) in [6.07, 6.45) is 2.18. The molecule has 13 heteroatoms. The number of piperidine rings is 1. The van der Waals surface area contributed by atoms with Crippen LogP contribution in [0.3, 0.4) is 0 Å². The molecule has 3 amide bonds. The Morgan fingerprint density at radius 1 is 0.827 bits per heavy atom. The zero-order valence-electron chi connectivity index (χ0n) is 29.9. The van der Waals surface area contributed by atoms with Crippen LogP contribution in [0.4, 0.5) is 25.0 Å². The molecular weight excluding hydrogens is 674 g/mol. The van der Waals surface area contributed by atoms with E-state index in [1.54, 1.807) is 23.1 Å². The normalized spacial score (nSPS) is 18.3. The minimum absolute atomic E-state index is 0.0818. The molecule has 1 saturated carbocycles. The van der Waals surface area contributed by atoms with Gasteiger partial charge >= 0.3 is 6.09 Å². The van der Waals surface area contributed by atoms with Gasteiger partial charge in [-0.25, -0.2) is 13.6 Å². The number of carbonyl (C=O) groups excluding carboxylic acids is 3. The van der Waals surface area contributed by atoms with Crippen LogP contribution >= 0.6 is 0 Å². The number of benzene rings is 3. The number of anilines is 2. The van der Waals surface area contributed by atoms with Crippen LogP contribution in [0.25, 0.3) is 10.9 Å². The lowest BCUT2D eigenvalue weighted by atomic mass is 10.1. The van der Waals surface area contributed by atoms with E-state index in [9.17, 15) is 18.8 Å². The molecule has 2 aliphatic rings. The molecule has 274 valence electrons. The van der Waals surface area contributed by atoms with Crippen molar-refractivity contribution in [1.29, 1.82) is 0 Å². The third-order valence-corrected chi connectivity index (χ3v) is 9.30. The molecule has 4 aromatic rings. The maximum Gasteiger partial charge on any atom is 0.410 e. The van der Waals surface area contributed by atoms with Crippen molar-refractivity contribution in [3.63, 3.8) is 0 Å². The van der Waals surface area contributed by atoms with Crippen LogP contribution in [-0.4, -0.2) is 59.7 Å². The molecule has 1 aliphatic carbocycles. The third kappa shape index (κ3) is 8.03. The van der Waals surface area contributed by atoms with Gasteiger partial charge in [0.05, 0.1) is 24.5 Å². The summed E-state index contributed by atoms with van der Waals surface area (Å²) in [4.78, 5) is 44.8. The van der Waals surface area contributed by atoms with Gasteiger partial charge in [0, 0.05) is 61.0 Å². The SMILES string of the molecule is COc1cc2nccc(Oc3ccc(NC(=O)[C@H]4[C@@H](C(=O)Nc5ccc(F)cc5)C4(C)C)cc3F)c2cc1OC1CCN(C(=O)OC(C)(C)C)CC1. The van der Waals surface area contributed by atoms with Gasteiger partial charge in [-0.15, -0.1) is 0 Å². The van der Waals surface area contributed by atoms with Crippen molar-refractivity contribution in [2.24, 2.45) is 17.3 Å². The van der Waals surface area contributed by atoms with Gasteiger partial charge in [0.25, 0.3) is 0 Å². The molecule has 1 saturated heterocycles. The predicted octanol–water partition coefficient (Wildman–Crippen LogP) is 7.94. The number of likely N-dealkylation sites (tertiary alicyclic amines) is 1. The lowest BCUT2D eigenvalue weighted by Crippen LogP contribution is -2.44. The largest absolute Gasteiger partial charge is 0.493 e. The summed E-state index contributed by atoms with van der Waals surface area (Å²) >= 11 is 0. The molecule has 3 aromatic carbocycles. The molecule has 2 heterocycles. The molecule has 0 bridgehead atoms. The van der Waals surface area contributed by atoms with Gasteiger partial charge < -0.3 is 34.5 Å². The summed E-state index contributed by atoms with van der Waals surface area (Å²) in [5.41, 5.74) is -0.0529. The summed E-state index contributed by atoms with van der Waals surface area (Å²) in [6, 6.07) is 14.5. The molecule has 0 radical (unpaired) electrons. The Balaban J connectivity index is 1.11. The maximum atomic E-state index is 15.5. The molecule has 0 unspecified atom stereocenters. The number of halogens is 2. The highest BCUT2D eigenvalue weighted by Gasteiger charge is 2.65. The highest BCUT2D eigenvalue weighted by atomic mass is 19.1. The fourth-order valence-corrected chi connectivity index (χ4v) is 6.50. The van der Waals surface area contributed by atoms with Crippen LogP contribution in [0.1, 0.15) is 47.5 Å². The first-order valence-corrected chi connectivity index (χ1v) is 17.1. The van der Waals surface area contributed by atoms with Crippen molar-refractivity contribution >= 4 is 40.2 Å². The third-order valence-electron chi connectivity index (χ3n) is 9.30. The Bertz CT molecular complexity index is 1990. The van der Waals surface area contributed by atoms with E-state index < -0.39 is 40.4 Å². The number of nitrogens with zero attached hydrogens (tertiary/aromatic N) is 2. The molecule has 6 rings (SSSR count). The summed E-state index contributed by atoms with van der Waals surface area (Å²) in [5.74, 6) is -2.04. The average molecular weight is 717 g/mol. The number of aromatic nitrogens is 1. The highest BCUT2D eigenvalue weighted by molar-refractivity contribution is 6.04. The Kier molecular flexibility index (Phi) is 9.98. The summed E-state index contributed by atoms with van der Waals surface area (Å²) in [7, 11) is 1.53. The molecule has 1 aromatic heterocycles. The standard InChI is InChI=1S/C39H42F2N4O7/c1-38(2,3)52-37(48)45-17-14-25(15-18-45)50-32-20-26-28(21-31(32)49-6)42-16-13-29(26)51-30-12-11-24(19-27(30)41)44-36(47)34-33(39(34,4)5)35(46)43-23-9-7-22(40)8-10-23/h7-13,16,19-21,25,33-34H,14-15,17-18H2,1-6H3,(H,43,46)(H,44,47)/t33-,34+/m0/s1. The lowest BCUT2D eigenvalue weighted by Gasteiger charge is -2.33. The monoisotopic (exact) mass is 716 g/mol. The van der Waals surface area contributed by atoms with Crippen molar-refractivity contribution in [3.8, 4) is 23.0 Å². The number of rotatable bonds is 9. The van der Waals surface area contributed by atoms with Gasteiger partial charge in [-0.3, -0.25) is 14.6 Å². The fraction of sp³-hybridized carbons (Fsp3) is 0.385. The molecule has 1 aliphatic heterocycles. The quantitative estimate of drug-likeness (QED) is 0.179. The van der Waals surface area contributed by atoms with Crippen molar-refractivity contribution in [1.82, 2.24) is 9.88 Å². The van der Waals surface area contributed by atoms with E-state index in [1.807, 2.05) is 34.6 Å². The van der Waals surface area contributed by atoms with Crippen molar-refractivity contribution in [2.45, 2.75) is 59.2 Å². The number of hydrogen-bond acceptors (Lipinski definition) is 8. The number of hydrogen-bond donors (Lipinski definition) is 2. The van der Waals surface area contributed by atoms with Crippen molar-refractivity contribution < 1.29 is 42.1 Å². The maximum absolute atomic E-state index is 15.5. The van der Waals surface area contributed by atoms with E-state index in [4.69, 9.17) is 18.9 Å². The van der Waals surface area contributed by atoms with Crippen molar-refractivity contribution in [3.05, 3.63) is 78.5 Å². The van der Waals surface area contributed by atoms with Crippen molar-refractivity contribution in [2.75, 3.05) is 30.8 Å². The molecule has 0 spiro atoms. The molecule has 2 fully saturated rings. The van der Waals surface area contributed by atoms with Crippen LogP contribution in [-0.2, 0) is 14.3 Å². The van der Waals surface area contributed by atoms with Gasteiger partial charge in [-0.05, 0) is 74.7 Å². The number of pyridine rings is 1. The highest BCUT2D eigenvalue weighted by Crippen LogP contribution is 2.59. The van der Waals surface area contributed by atoms with E-state index in [1.165, 1.54) is 49.7 Å². The van der Waals surface area contributed by atoms with E-state index in [0.29, 0.717) is 59.8 Å². The van der Waals surface area contributed by atoms with Crippen LogP contribution in [0.5, 0.6) is 23.0 Å². The number of ether oxygens (including phenoxy) is 4. The second-order valence-electron chi connectivity index (χ2n) is 14.6. The lowest BCUT2D eigenvalue weighted by molar-refractivity contribution is -0.122. The molecular formula is C39H42F2N4O7. The Morgan fingerprint density at radius 2 is 1.46 bits per heavy atom. The van der Waals surface area contributed by atoms with E-state index >= 15 is 4.39 Å². The van der Waals surface area contributed by atoms with E-state index in [-0.39, 0.29) is 29.5 Å². The minimum Gasteiger partial charge on any atom is -0.493 e. The topological polar surface area (TPSA) is 128 Å². The van der Waals surface area contributed by atoms with Gasteiger partial charge in [0.1, 0.15) is 23.3 Å². The predicted molar refractivity (Wildman–Crippen MR) is 191 cm³/mol. The smallest absolute Gasteiger partial charge is 0.410 e. The number of methoxy groups -OCH3 is 1. The summed E-state index contributed by atoms with van der Waals surface area (Å²) in [6.45, 7) is 10.1. The zero-order chi connectivity index (χ0) is 37.4. The van der Waals surface area contributed by atoms with Crippen LogP contribution in [0, 0.1) is 28.9 Å². The first kappa shape index (κ1) is 36.3. The van der Waals surface area contributed by atoms with Crippen LogP contribution in [0.15, 0.2) is 66.9 Å². The van der Waals surface area contributed by atoms with Crippen LogP contribution in [0.2, 0.25) is 0 Å². The first-order valence-electron chi connectivity index (χ1n) is 17.1. The fourth-order valence-electron chi connectivity index (χ4n) is 6.50. The van der Waals surface area contributed by atoms with Gasteiger partial charge in [0.2, 0.25) is 11.8 Å². The van der Waals surface area contributed by atoms with E-state index in [0.717, 1.165) is 6.07 Å². The number of amides is 3. The number of nitrogens with one attached hydrogen (secondary N) is 2. The number of fused-ring (bicyclic) bond motifs is 1. The molecule has 52 heavy (non-hydrogen) atoms. The van der Waals surface area contributed by atoms with Gasteiger partial charge in [-0.2, -0.15) is 0 Å². The Hall–Kier alpha value is -5.46. The second kappa shape index (κ2) is 14.3.